The second kappa shape index (κ2) is 8.88. The third-order valence-electron chi connectivity index (χ3n) is 6.09. The maximum Gasteiger partial charge on any atom is 0.417 e. The average molecular weight is 448 g/mol. The second-order valence-corrected chi connectivity index (χ2v) is 8.40. The predicted molar refractivity (Wildman–Crippen MR) is 104 cm³/mol. The quantitative estimate of drug-likeness (QED) is 0.706. The molecule has 3 aliphatic rings. The number of nitrogens with zero attached hydrogens (tertiary/aromatic N) is 3. The van der Waals surface area contributed by atoms with Gasteiger partial charge in [-0.2, -0.15) is 13.2 Å². The molecule has 1 aromatic rings. The molecule has 10 heteroatoms. The van der Waals surface area contributed by atoms with Crippen LogP contribution in [0.4, 0.5) is 19.0 Å². The van der Waals surface area contributed by atoms with E-state index in [-0.39, 0.29) is 29.2 Å². The van der Waals surface area contributed by atoms with Crippen LogP contribution in [0.1, 0.15) is 37.7 Å². The minimum Gasteiger partial charge on any atom is -0.355 e. The number of halogens is 4. The van der Waals surface area contributed by atoms with Crippen molar-refractivity contribution in [2.24, 2.45) is 5.92 Å². The molecule has 0 aliphatic carbocycles. The summed E-state index contributed by atoms with van der Waals surface area (Å²) in [6, 6.07) is 0.860. The maximum atomic E-state index is 13.2. The Morgan fingerprint density at radius 2 is 1.80 bits per heavy atom. The van der Waals surface area contributed by atoms with Gasteiger partial charge in [-0.3, -0.25) is 4.79 Å². The highest BCUT2D eigenvalue weighted by Crippen LogP contribution is 2.35. The number of anilines is 1. The van der Waals surface area contributed by atoms with Gasteiger partial charge in [0.05, 0.1) is 29.8 Å². The number of hydrogen-bond donors (Lipinski definition) is 0. The number of likely N-dealkylation sites (tertiary alicyclic amines) is 1. The lowest BCUT2D eigenvalue weighted by Crippen LogP contribution is -2.53. The van der Waals surface area contributed by atoms with Crippen molar-refractivity contribution in [3.05, 3.63) is 22.8 Å². The maximum absolute atomic E-state index is 13.2. The summed E-state index contributed by atoms with van der Waals surface area (Å²) >= 11 is 6.07. The predicted octanol–water partition coefficient (Wildman–Crippen LogP) is 3.72. The Kier molecular flexibility index (Phi) is 6.41. The van der Waals surface area contributed by atoms with Crippen molar-refractivity contribution in [2.45, 2.75) is 50.6 Å². The van der Waals surface area contributed by atoms with E-state index in [0.717, 1.165) is 31.5 Å². The van der Waals surface area contributed by atoms with E-state index in [1.165, 1.54) is 0 Å². The van der Waals surface area contributed by atoms with Gasteiger partial charge in [-0.15, -0.1) is 0 Å². The first-order valence-corrected chi connectivity index (χ1v) is 10.7. The van der Waals surface area contributed by atoms with Crippen LogP contribution in [0, 0.1) is 5.92 Å². The van der Waals surface area contributed by atoms with E-state index in [1.54, 1.807) is 0 Å². The summed E-state index contributed by atoms with van der Waals surface area (Å²) in [5, 5.41) is -0.0266. The molecular formula is C20H25ClF3N3O3. The summed E-state index contributed by atoms with van der Waals surface area (Å²) in [5.74, 6) is 0.320. The molecule has 0 saturated carbocycles. The molecule has 1 atom stereocenters. The van der Waals surface area contributed by atoms with Crippen LogP contribution in [-0.4, -0.2) is 61.0 Å². The van der Waals surface area contributed by atoms with E-state index < -0.39 is 11.7 Å². The van der Waals surface area contributed by atoms with Gasteiger partial charge in [0, 0.05) is 31.7 Å². The Morgan fingerprint density at radius 3 is 2.43 bits per heavy atom. The van der Waals surface area contributed by atoms with E-state index in [0.29, 0.717) is 51.5 Å². The van der Waals surface area contributed by atoms with Crippen molar-refractivity contribution in [1.29, 1.82) is 0 Å². The lowest BCUT2D eigenvalue weighted by molar-refractivity contribution is -0.155. The summed E-state index contributed by atoms with van der Waals surface area (Å²) in [4.78, 5) is 20.9. The molecule has 4 rings (SSSR count). The van der Waals surface area contributed by atoms with E-state index in [9.17, 15) is 18.0 Å². The van der Waals surface area contributed by atoms with E-state index in [2.05, 4.69) is 4.98 Å². The van der Waals surface area contributed by atoms with Crippen LogP contribution >= 0.6 is 11.6 Å². The smallest absolute Gasteiger partial charge is 0.355 e. The molecule has 0 N–H and O–H groups in total. The number of hydrogen-bond acceptors (Lipinski definition) is 5. The van der Waals surface area contributed by atoms with E-state index >= 15 is 0 Å². The number of rotatable bonds is 3. The lowest BCUT2D eigenvalue weighted by atomic mass is 9.92. The molecule has 1 unspecified atom stereocenters. The molecule has 0 aromatic carbocycles. The van der Waals surface area contributed by atoms with E-state index in [4.69, 9.17) is 21.1 Å². The van der Waals surface area contributed by atoms with Gasteiger partial charge in [-0.05, 0) is 38.2 Å². The second-order valence-electron chi connectivity index (χ2n) is 7.99. The first-order valence-electron chi connectivity index (χ1n) is 10.4. The number of carbonyl (C=O) groups excluding carboxylic acids is 1. The van der Waals surface area contributed by atoms with Crippen LogP contribution in [0.15, 0.2) is 12.3 Å². The first kappa shape index (κ1) is 21.6. The fourth-order valence-corrected chi connectivity index (χ4v) is 4.79. The third-order valence-corrected chi connectivity index (χ3v) is 6.37. The summed E-state index contributed by atoms with van der Waals surface area (Å²) in [5.41, 5.74) is -0.867. The largest absolute Gasteiger partial charge is 0.417 e. The Labute approximate surface area is 178 Å². The fourth-order valence-electron chi connectivity index (χ4n) is 4.50. The van der Waals surface area contributed by atoms with Gasteiger partial charge in [-0.25, -0.2) is 4.98 Å². The van der Waals surface area contributed by atoms with Crippen LogP contribution in [0.25, 0.3) is 0 Å². The van der Waals surface area contributed by atoms with Gasteiger partial charge < -0.3 is 19.3 Å². The number of alkyl halides is 3. The van der Waals surface area contributed by atoms with Gasteiger partial charge >= 0.3 is 6.18 Å². The molecule has 30 heavy (non-hydrogen) atoms. The Balaban J connectivity index is 1.38. The molecule has 1 amide bonds. The molecule has 166 valence electrons. The van der Waals surface area contributed by atoms with Crippen molar-refractivity contribution in [1.82, 2.24) is 9.88 Å². The van der Waals surface area contributed by atoms with Gasteiger partial charge in [0.2, 0.25) is 5.91 Å². The number of pyridine rings is 1. The molecule has 4 heterocycles. The minimum absolute atomic E-state index is 0.0266. The topological polar surface area (TPSA) is 54.9 Å². The van der Waals surface area contributed by atoms with Gasteiger partial charge in [0.15, 0.2) is 6.29 Å². The minimum atomic E-state index is -4.48. The van der Waals surface area contributed by atoms with Crippen molar-refractivity contribution in [3.8, 4) is 0 Å². The monoisotopic (exact) mass is 447 g/mol. The number of ether oxygens (including phenoxy) is 2. The number of piperidine rings is 2. The zero-order valence-corrected chi connectivity index (χ0v) is 17.3. The molecule has 1 aromatic heterocycles. The Bertz CT molecular complexity index is 765. The van der Waals surface area contributed by atoms with Crippen LogP contribution in [-0.2, 0) is 20.4 Å². The number of aromatic nitrogens is 1. The summed E-state index contributed by atoms with van der Waals surface area (Å²) < 4.78 is 49.8. The third kappa shape index (κ3) is 4.53. The molecule has 3 saturated heterocycles. The zero-order valence-electron chi connectivity index (χ0n) is 16.5. The number of amides is 1. The van der Waals surface area contributed by atoms with Gasteiger partial charge in [-0.1, -0.05) is 11.6 Å². The van der Waals surface area contributed by atoms with Crippen molar-refractivity contribution >= 4 is 23.3 Å². The molecular weight excluding hydrogens is 423 g/mol. The molecule has 3 aliphatic heterocycles. The highest BCUT2D eigenvalue weighted by atomic mass is 35.5. The van der Waals surface area contributed by atoms with Crippen LogP contribution in [0.3, 0.4) is 0 Å². The summed E-state index contributed by atoms with van der Waals surface area (Å²) in [7, 11) is 0. The first-order chi connectivity index (χ1) is 14.3. The van der Waals surface area contributed by atoms with Crippen molar-refractivity contribution in [3.63, 3.8) is 0 Å². The zero-order chi connectivity index (χ0) is 21.3. The van der Waals surface area contributed by atoms with Crippen molar-refractivity contribution < 1.29 is 27.4 Å². The lowest BCUT2D eigenvalue weighted by Gasteiger charge is -2.41. The molecule has 0 bridgehead atoms. The Morgan fingerprint density at radius 1 is 1.10 bits per heavy atom. The summed E-state index contributed by atoms with van der Waals surface area (Å²) in [6.45, 7) is 2.86. The van der Waals surface area contributed by atoms with Crippen molar-refractivity contribution in [2.75, 3.05) is 37.7 Å². The molecule has 0 radical (unpaired) electrons. The summed E-state index contributed by atoms with van der Waals surface area (Å²) in [6.07, 6.45) is 0.0865. The van der Waals surface area contributed by atoms with Crippen LogP contribution in [0.5, 0.6) is 0 Å². The molecule has 0 spiro atoms. The molecule has 3 fully saturated rings. The van der Waals surface area contributed by atoms with Crippen LogP contribution < -0.4 is 4.90 Å². The van der Waals surface area contributed by atoms with Gasteiger partial charge in [0.1, 0.15) is 5.82 Å². The standard InChI is InChI=1S/C20H25ClF3N3O3/c21-15-11-14(20(22,23)24)12-25-17(15)26-7-4-13(5-8-26)18(28)27-6-2-1-3-16(27)19-29-9-10-30-19/h11-13,16,19H,1-10H2. The van der Waals surface area contributed by atoms with Gasteiger partial charge in [0.25, 0.3) is 0 Å². The average Bonchev–Trinajstić information content (AvgIpc) is 3.27. The molecule has 6 nitrogen and oxygen atoms in total. The Hall–Kier alpha value is -1.58. The highest BCUT2D eigenvalue weighted by Gasteiger charge is 2.39. The van der Waals surface area contributed by atoms with Crippen LogP contribution in [0.2, 0.25) is 5.02 Å². The normalized spacial score (nSPS) is 24.5. The number of carbonyl (C=O) groups is 1. The SMILES string of the molecule is O=C(C1CCN(c2ncc(C(F)(F)F)cc2Cl)CC1)N1CCCCC1C1OCCO1. The van der Waals surface area contributed by atoms with E-state index in [1.807, 2.05) is 9.80 Å². The fraction of sp³-hybridized carbons (Fsp3) is 0.700. The highest BCUT2D eigenvalue weighted by molar-refractivity contribution is 6.33.